The van der Waals surface area contributed by atoms with Gasteiger partial charge in [-0.2, -0.15) is 0 Å². The number of nitrogens with zero attached hydrogens (tertiary/aromatic N) is 2. The third-order valence-electron chi connectivity index (χ3n) is 4.65. The molecule has 0 saturated carbocycles. The Hall–Kier alpha value is -2.57. The van der Waals surface area contributed by atoms with Crippen molar-refractivity contribution in [2.45, 2.75) is 6.10 Å². The summed E-state index contributed by atoms with van der Waals surface area (Å²) in [5.74, 6) is 1.34. The third kappa shape index (κ3) is 5.21. The molecule has 144 valence electrons. The molecule has 1 heterocycles. The molecule has 1 aliphatic rings. The molecule has 27 heavy (non-hydrogen) atoms. The van der Waals surface area contributed by atoms with Gasteiger partial charge < -0.3 is 19.5 Å². The highest BCUT2D eigenvalue weighted by molar-refractivity contribution is 5.94. The van der Waals surface area contributed by atoms with Gasteiger partial charge >= 0.3 is 0 Å². The molecule has 3 rings (SSSR count). The Bertz CT molecular complexity index is 730. The van der Waals surface area contributed by atoms with Crippen molar-refractivity contribution < 1.29 is 19.4 Å². The predicted molar refractivity (Wildman–Crippen MR) is 103 cm³/mol. The van der Waals surface area contributed by atoms with Gasteiger partial charge in [0.05, 0.1) is 7.11 Å². The standard InChI is InChI=1S/C21H26N2O4/c1-26-19-9-5-6-10-20(19)27-16-18(24)15-22-11-13-23(14-12-22)21(25)17-7-3-2-4-8-17/h2-10,18,24H,11-16H2,1H3/t18-/m1/s1. The summed E-state index contributed by atoms with van der Waals surface area (Å²) in [6.07, 6.45) is -0.605. The SMILES string of the molecule is COc1ccccc1OC[C@H](O)CN1CCN(C(=O)c2ccccc2)CC1. The summed E-state index contributed by atoms with van der Waals surface area (Å²) in [5, 5.41) is 10.3. The van der Waals surface area contributed by atoms with Gasteiger partial charge in [-0.05, 0) is 24.3 Å². The number of amides is 1. The van der Waals surface area contributed by atoms with Crippen molar-refractivity contribution in [1.82, 2.24) is 9.80 Å². The largest absolute Gasteiger partial charge is 0.493 e. The molecular weight excluding hydrogens is 344 g/mol. The summed E-state index contributed by atoms with van der Waals surface area (Å²) in [6, 6.07) is 16.7. The molecular formula is C21H26N2O4. The lowest BCUT2D eigenvalue weighted by Gasteiger charge is -2.35. The van der Waals surface area contributed by atoms with E-state index in [1.165, 1.54) is 0 Å². The molecule has 0 bridgehead atoms. The van der Waals surface area contributed by atoms with Crippen LogP contribution in [0.5, 0.6) is 11.5 Å². The van der Waals surface area contributed by atoms with Crippen LogP contribution in [0.4, 0.5) is 0 Å². The van der Waals surface area contributed by atoms with Crippen molar-refractivity contribution in [3.05, 3.63) is 60.2 Å². The van der Waals surface area contributed by atoms with E-state index in [1.807, 2.05) is 59.5 Å². The normalized spacial score (nSPS) is 16.0. The summed E-state index contributed by atoms with van der Waals surface area (Å²) in [7, 11) is 1.59. The van der Waals surface area contributed by atoms with E-state index in [9.17, 15) is 9.90 Å². The summed E-state index contributed by atoms with van der Waals surface area (Å²) >= 11 is 0. The smallest absolute Gasteiger partial charge is 0.253 e. The fraction of sp³-hybridized carbons (Fsp3) is 0.381. The number of hydrogen-bond donors (Lipinski definition) is 1. The van der Waals surface area contributed by atoms with Crippen molar-refractivity contribution in [3.8, 4) is 11.5 Å². The van der Waals surface area contributed by atoms with Gasteiger partial charge in [-0.1, -0.05) is 30.3 Å². The van der Waals surface area contributed by atoms with E-state index < -0.39 is 6.10 Å². The van der Waals surface area contributed by atoms with E-state index in [0.29, 0.717) is 31.1 Å². The first-order valence-corrected chi connectivity index (χ1v) is 9.18. The monoisotopic (exact) mass is 370 g/mol. The highest BCUT2D eigenvalue weighted by Crippen LogP contribution is 2.25. The van der Waals surface area contributed by atoms with Crippen LogP contribution in [0.15, 0.2) is 54.6 Å². The number of piperazine rings is 1. The van der Waals surface area contributed by atoms with Crippen molar-refractivity contribution >= 4 is 5.91 Å². The fourth-order valence-corrected chi connectivity index (χ4v) is 3.17. The Morgan fingerprint density at radius 1 is 1.00 bits per heavy atom. The molecule has 0 aromatic heterocycles. The number of ether oxygens (including phenoxy) is 2. The summed E-state index contributed by atoms with van der Waals surface area (Å²) in [5.41, 5.74) is 0.719. The molecule has 1 saturated heterocycles. The lowest BCUT2D eigenvalue weighted by atomic mass is 10.2. The number of carbonyl (C=O) groups is 1. The van der Waals surface area contributed by atoms with Gasteiger partial charge in [0.15, 0.2) is 11.5 Å². The Labute approximate surface area is 159 Å². The van der Waals surface area contributed by atoms with Crippen LogP contribution in [0.25, 0.3) is 0 Å². The Kier molecular flexibility index (Phi) is 6.68. The molecule has 0 aliphatic carbocycles. The second-order valence-electron chi connectivity index (χ2n) is 6.57. The highest BCUT2D eigenvalue weighted by atomic mass is 16.5. The molecule has 6 heteroatoms. The Morgan fingerprint density at radius 3 is 2.30 bits per heavy atom. The van der Waals surface area contributed by atoms with Crippen molar-refractivity contribution in [2.24, 2.45) is 0 Å². The molecule has 2 aromatic carbocycles. The minimum Gasteiger partial charge on any atom is -0.493 e. The predicted octanol–water partition coefficient (Wildman–Crippen LogP) is 1.89. The summed E-state index contributed by atoms with van der Waals surface area (Å²) in [4.78, 5) is 16.5. The number of hydrogen-bond acceptors (Lipinski definition) is 5. The first-order valence-electron chi connectivity index (χ1n) is 9.18. The van der Waals surface area contributed by atoms with Crippen LogP contribution in [-0.2, 0) is 0 Å². The van der Waals surface area contributed by atoms with Gasteiger partial charge in [0.1, 0.15) is 12.7 Å². The number of aliphatic hydroxyl groups excluding tert-OH is 1. The number of rotatable bonds is 7. The first-order chi connectivity index (χ1) is 13.2. The third-order valence-corrected chi connectivity index (χ3v) is 4.65. The van der Waals surface area contributed by atoms with Crippen molar-refractivity contribution in [2.75, 3.05) is 46.4 Å². The number of β-amino-alcohol motifs (C(OH)–C–C–N with tert-alkyl or cyclic N) is 1. The maximum Gasteiger partial charge on any atom is 0.253 e. The lowest BCUT2D eigenvalue weighted by molar-refractivity contribution is 0.0400. The Morgan fingerprint density at radius 2 is 1.63 bits per heavy atom. The number of carbonyl (C=O) groups excluding carboxylic acids is 1. The number of para-hydroxylation sites is 2. The molecule has 1 aliphatic heterocycles. The average molecular weight is 370 g/mol. The van der Waals surface area contributed by atoms with Crippen LogP contribution >= 0.6 is 0 Å². The van der Waals surface area contributed by atoms with Gasteiger partial charge in [-0.15, -0.1) is 0 Å². The van der Waals surface area contributed by atoms with Crippen molar-refractivity contribution in [1.29, 1.82) is 0 Å². The van der Waals surface area contributed by atoms with Crippen LogP contribution in [0, 0.1) is 0 Å². The molecule has 0 unspecified atom stereocenters. The highest BCUT2D eigenvalue weighted by Gasteiger charge is 2.23. The quantitative estimate of drug-likeness (QED) is 0.807. The number of benzene rings is 2. The van der Waals surface area contributed by atoms with Crippen LogP contribution < -0.4 is 9.47 Å². The molecule has 0 radical (unpaired) electrons. The lowest BCUT2D eigenvalue weighted by Crippen LogP contribution is -2.50. The topological polar surface area (TPSA) is 62.2 Å². The van der Waals surface area contributed by atoms with E-state index >= 15 is 0 Å². The molecule has 0 spiro atoms. The number of methoxy groups -OCH3 is 1. The fourth-order valence-electron chi connectivity index (χ4n) is 3.17. The van der Waals surface area contributed by atoms with Crippen LogP contribution in [0.3, 0.4) is 0 Å². The molecule has 1 N–H and O–H groups in total. The molecule has 1 fully saturated rings. The van der Waals surface area contributed by atoms with Gasteiger partial charge in [0.2, 0.25) is 0 Å². The second kappa shape index (κ2) is 9.39. The van der Waals surface area contributed by atoms with Crippen LogP contribution in [0.2, 0.25) is 0 Å². The molecule has 1 atom stereocenters. The minimum atomic E-state index is -0.605. The summed E-state index contributed by atoms with van der Waals surface area (Å²) < 4.78 is 10.9. The van der Waals surface area contributed by atoms with Gasteiger partial charge in [0, 0.05) is 38.3 Å². The van der Waals surface area contributed by atoms with E-state index in [0.717, 1.165) is 18.7 Å². The van der Waals surface area contributed by atoms with Gasteiger partial charge in [-0.25, -0.2) is 0 Å². The maximum absolute atomic E-state index is 12.5. The zero-order valence-corrected chi connectivity index (χ0v) is 15.6. The molecule has 6 nitrogen and oxygen atoms in total. The number of aliphatic hydroxyl groups is 1. The van der Waals surface area contributed by atoms with E-state index in [4.69, 9.17) is 9.47 Å². The maximum atomic E-state index is 12.5. The molecule has 1 amide bonds. The van der Waals surface area contributed by atoms with Gasteiger partial charge in [0.25, 0.3) is 5.91 Å². The van der Waals surface area contributed by atoms with Crippen LogP contribution in [0.1, 0.15) is 10.4 Å². The van der Waals surface area contributed by atoms with Crippen molar-refractivity contribution in [3.63, 3.8) is 0 Å². The minimum absolute atomic E-state index is 0.0651. The Balaban J connectivity index is 1.43. The molecule has 2 aromatic rings. The van der Waals surface area contributed by atoms with E-state index in [1.54, 1.807) is 7.11 Å². The summed E-state index contributed by atoms with van der Waals surface area (Å²) in [6.45, 7) is 3.52. The van der Waals surface area contributed by atoms with Crippen LogP contribution in [-0.4, -0.2) is 73.4 Å². The zero-order valence-electron chi connectivity index (χ0n) is 15.6. The van der Waals surface area contributed by atoms with Gasteiger partial charge in [-0.3, -0.25) is 9.69 Å². The second-order valence-corrected chi connectivity index (χ2v) is 6.57. The van der Waals surface area contributed by atoms with E-state index in [2.05, 4.69) is 4.90 Å². The first kappa shape index (κ1) is 19.2. The van der Waals surface area contributed by atoms with E-state index in [-0.39, 0.29) is 12.5 Å². The average Bonchev–Trinajstić information content (AvgIpc) is 2.73. The zero-order chi connectivity index (χ0) is 19.1.